The highest BCUT2D eigenvalue weighted by atomic mass is 16.5. The van der Waals surface area contributed by atoms with E-state index in [-0.39, 0.29) is 18.4 Å². The number of carbonyl (C=O) groups excluding carboxylic acids is 2. The predicted octanol–water partition coefficient (Wildman–Crippen LogP) is 3.16. The Bertz CT molecular complexity index is 656. The van der Waals surface area contributed by atoms with Gasteiger partial charge in [0, 0.05) is 11.6 Å². The summed E-state index contributed by atoms with van der Waals surface area (Å²) >= 11 is 0. The van der Waals surface area contributed by atoms with Crippen LogP contribution in [0.5, 0.6) is 5.88 Å². The molecule has 4 rings (SSSR count). The van der Waals surface area contributed by atoms with Crippen molar-refractivity contribution < 1.29 is 14.3 Å². The fourth-order valence-electron chi connectivity index (χ4n) is 3.65. The fraction of sp³-hybridized carbons (Fsp3) is 0.667. The summed E-state index contributed by atoms with van der Waals surface area (Å²) in [6.45, 7) is 2.98. The molecule has 0 radical (unpaired) electrons. The molecule has 1 heterocycles. The number of nitrogens with zero attached hydrogens (tertiary/aromatic N) is 1. The Morgan fingerprint density at radius 1 is 1.22 bits per heavy atom. The molecule has 3 fully saturated rings. The second kappa shape index (κ2) is 9.20. The lowest BCUT2D eigenvalue weighted by molar-refractivity contribution is -0.106. The van der Waals surface area contributed by atoms with Crippen LogP contribution in [0.3, 0.4) is 0 Å². The molecule has 3 N–H and O–H groups in total. The van der Waals surface area contributed by atoms with Crippen molar-refractivity contribution in [3.05, 3.63) is 23.4 Å². The van der Waals surface area contributed by atoms with Gasteiger partial charge in [-0.05, 0) is 62.3 Å². The number of primary amides is 1. The van der Waals surface area contributed by atoms with E-state index in [4.69, 9.17) is 9.53 Å². The molecule has 0 aromatic carbocycles. The van der Waals surface area contributed by atoms with Crippen molar-refractivity contribution in [1.82, 2.24) is 10.3 Å². The van der Waals surface area contributed by atoms with Gasteiger partial charge in [0.25, 0.3) is 5.91 Å². The molecular formula is C21H31N3O3. The minimum atomic E-state index is -0.0487. The van der Waals surface area contributed by atoms with E-state index < -0.39 is 0 Å². The first-order chi connectivity index (χ1) is 13.1. The van der Waals surface area contributed by atoms with E-state index in [0.29, 0.717) is 29.3 Å². The number of hydrogen-bond donors (Lipinski definition) is 2. The maximum atomic E-state index is 12.6. The van der Waals surface area contributed by atoms with Crippen molar-refractivity contribution in [2.24, 2.45) is 17.6 Å². The molecule has 2 amide bonds. The van der Waals surface area contributed by atoms with Crippen LogP contribution in [-0.4, -0.2) is 29.9 Å². The van der Waals surface area contributed by atoms with Gasteiger partial charge in [-0.15, -0.1) is 0 Å². The van der Waals surface area contributed by atoms with Gasteiger partial charge >= 0.3 is 0 Å². The normalized spacial score (nSPS) is 24.3. The summed E-state index contributed by atoms with van der Waals surface area (Å²) in [6.07, 6.45) is 9.98. The molecule has 0 bridgehead atoms. The van der Waals surface area contributed by atoms with Gasteiger partial charge in [-0.3, -0.25) is 9.59 Å². The molecule has 2 unspecified atom stereocenters. The average Bonchev–Trinajstić information content (AvgIpc) is 3.56. The summed E-state index contributed by atoms with van der Waals surface area (Å²) in [6, 6.07) is 4.22. The fourth-order valence-corrected chi connectivity index (χ4v) is 3.65. The van der Waals surface area contributed by atoms with Crippen molar-refractivity contribution in [3.63, 3.8) is 0 Å². The lowest BCUT2D eigenvalue weighted by atomic mass is 9.86. The molecule has 148 valence electrons. The van der Waals surface area contributed by atoms with Crippen LogP contribution in [0, 0.1) is 11.8 Å². The first-order valence-corrected chi connectivity index (χ1v) is 10.2. The van der Waals surface area contributed by atoms with E-state index in [0.717, 1.165) is 13.0 Å². The largest absolute Gasteiger partial charge is 0.477 e. The predicted molar refractivity (Wildman–Crippen MR) is 104 cm³/mol. The summed E-state index contributed by atoms with van der Waals surface area (Å²) in [4.78, 5) is 25.8. The van der Waals surface area contributed by atoms with Crippen molar-refractivity contribution in [3.8, 4) is 5.88 Å². The number of ether oxygens (including phenoxy) is 1. The molecular weight excluding hydrogens is 342 g/mol. The first kappa shape index (κ1) is 19.6. The third-order valence-corrected chi connectivity index (χ3v) is 5.72. The standard InChI is InChI=1S/C20H28N2O2.CH3NO/c1-13-4-2-3-5-17(13)21-19(23)18-11-10-16(15-8-9-15)20(22-18)24-12-14-6-7-14;2-1-3/h10-11,13-15,17H,2-9,12H2,1H3,(H,21,23);1H,(H2,2,3). The van der Waals surface area contributed by atoms with E-state index in [2.05, 4.69) is 29.0 Å². The number of nitrogens with two attached hydrogens (primary N) is 1. The Morgan fingerprint density at radius 3 is 2.56 bits per heavy atom. The molecule has 0 aliphatic heterocycles. The van der Waals surface area contributed by atoms with Crippen molar-refractivity contribution >= 4 is 12.3 Å². The van der Waals surface area contributed by atoms with Gasteiger partial charge in [-0.1, -0.05) is 25.8 Å². The Balaban J connectivity index is 0.000000659. The van der Waals surface area contributed by atoms with Crippen LogP contribution >= 0.6 is 0 Å². The van der Waals surface area contributed by atoms with Crippen LogP contribution < -0.4 is 15.8 Å². The van der Waals surface area contributed by atoms with Gasteiger partial charge in [0.15, 0.2) is 0 Å². The number of hydrogen-bond acceptors (Lipinski definition) is 4. The number of nitrogens with one attached hydrogen (secondary N) is 1. The molecule has 1 aromatic rings. The molecule has 27 heavy (non-hydrogen) atoms. The van der Waals surface area contributed by atoms with Crippen LogP contribution in [-0.2, 0) is 4.79 Å². The first-order valence-electron chi connectivity index (χ1n) is 10.2. The molecule has 6 heteroatoms. The highest BCUT2D eigenvalue weighted by Gasteiger charge is 2.30. The van der Waals surface area contributed by atoms with E-state index in [1.807, 2.05) is 6.07 Å². The molecule has 1 aromatic heterocycles. The van der Waals surface area contributed by atoms with Gasteiger partial charge in [-0.2, -0.15) is 0 Å². The van der Waals surface area contributed by atoms with Gasteiger partial charge < -0.3 is 15.8 Å². The van der Waals surface area contributed by atoms with E-state index in [9.17, 15) is 4.79 Å². The van der Waals surface area contributed by atoms with Crippen LogP contribution in [0.15, 0.2) is 12.1 Å². The molecule has 3 saturated carbocycles. The quantitative estimate of drug-likeness (QED) is 0.749. The monoisotopic (exact) mass is 373 g/mol. The van der Waals surface area contributed by atoms with Crippen LogP contribution in [0.25, 0.3) is 0 Å². The second-order valence-corrected chi connectivity index (χ2v) is 8.10. The summed E-state index contributed by atoms with van der Waals surface area (Å²) in [5.41, 5.74) is 5.86. The number of rotatable bonds is 6. The number of pyridine rings is 1. The molecule has 6 nitrogen and oxygen atoms in total. The molecule has 3 aliphatic carbocycles. The summed E-state index contributed by atoms with van der Waals surface area (Å²) in [5.74, 6) is 2.49. The van der Waals surface area contributed by atoms with Gasteiger partial charge in [0.2, 0.25) is 12.3 Å². The minimum Gasteiger partial charge on any atom is -0.477 e. The van der Waals surface area contributed by atoms with E-state index >= 15 is 0 Å². The number of amides is 2. The van der Waals surface area contributed by atoms with Crippen molar-refractivity contribution in [2.75, 3.05) is 6.61 Å². The molecule has 3 aliphatic rings. The highest BCUT2D eigenvalue weighted by Crippen LogP contribution is 2.44. The summed E-state index contributed by atoms with van der Waals surface area (Å²) in [5, 5.41) is 3.20. The topological polar surface area (TPSA) is 94.3 Å². The third kappa shape index (κ3) is 5.68. The molecule has 0 spiro atoms. The maximum absolute atomic E-state index is 12.6. The minimum absolute atomic E-state index is 0.0487. The summed E-state index contributed by atoms with van der Waals surface area (Å²) < 4.78 is 5.97. The highest BCUT2D eigenvalue weighted by molar-refractivity contribution is 5.92. The lowest BCUT2D eigenvalue weighted by Crippen LogP contribution is -2.41. The number of aromatic nitrogens is 1. The lowest BCUT2D eigenvalue weighted by Gasteiger charge is -2.29. The maximum Gasteiger partial charge on any atom is 0.270 e. The zero-order chi connectivity index (χ0) is 19.2. The Morgan fingerprint density at radius 2 is 1.93 bits per heavy atom. The summed E-state index contributed by atoms with van der Waals surface area (Å²) in [7, 11) is 0. The Labute approximate surface area is 161 Å². The van der Waals surface area contributed by atoms with Crippen molar-refractivity contribution in [2.45, 2.75) is 70.3 Å². The van der Waals surface area contributed by atoms with E-state index in [1.165, 1.54) is 50.5 Å². The Kier molecular flexibility index (Phi) is 6.69. The molecule has 2 atom stereocenters. The van der Waals surface area contributed by atoms with Gasteiger partial charge in [0.1, 0.15) is 5.69 Å². The zero-order valence-corrected chi connectivity index (χ0v) is 16.2. The zero-order valence-electron chi connectivity index (χ0n) is 16.2. The van der Waals surface area contributed by atoms with Crippen molar-refractivity contribution in [1.29, 1.82) is 0 Å². The molecule has 0 saturated heterocycles. The third-order valence-electron chi connectivity index (χ3n) is 5.72. The van der Waals surface area contributed by atoms with Gasteiger partial charge in [-0.25, -0.2) is 4.98 Å². The van der Waals surface area contributed by atoms with E-state index in [1.54, 1.807) is 0 Å². The SMILES string of the molecule is CC1CCCCC1NC(=O)c1ccc(C2CC2)c(OCC2CC2)n1.NC=O. The average molecular weight is 373 g/mol. The second-order valence-electron chi connectivity index (χ2n) is 8.10. The van der Waals surface area contributed by atoms with Crippen LogP contribution in [0.1, 0.15) is 80.3 Å². The smallest absolute Gasteiger partial charge is 0.270 e. The Hall–Kier alpha value is -2.11. The van der Waals surface area contributed by atoms with Crippen LogP contribution in [0.2, 0.25) is 0 Å². The van der Waals surface area contributed by atoms with Gasteiger partial charge in [0.05, 0.1) is 6.61 Å². The number of carbonyl (C=O) groups is 2. The van der Waals surface area contributed by atoms with Crippen LogP contribution in [0.4, 0.5) is 0 Å².